The molecule has 0 radical (unpaired) electrons. The fraction of sp³-hybridized carbons (Fsp3) is 0.941. The van der Waals surface area contributed by atoms with Crippen LogP contribution >= 0.6 is 0 Å². The van der Waals surface area contributed by atoms with E-state index in [2.05, 4.69) is 4.85 Å². The molecular weight excluding hydrogens is 266 g/mol. The Morgan fingerprint density at radius 2 is 0.857 bits per heavy atom. The van der Waals surface area contributed by atoms with E-state index in [-0.39, 0.29) is 16.8 Å². The predicted octanol–water partition coefficient (Wildman–Crippen LogP) is 4.09. The Balaban J connectivity index is 4.97. The first-order chi connectivity index (χ1) is 9.18. The molecule has 0 fully saturated rings. The van der Waals surface area contributed by atoms with E-state index in [1.807, 2.05) is 62.3 Å². The summed E-state index contributed by atoms with van der Waals surface area (Å²) in [7, 11) is 0. The number of rotatable bonds is 6. The van der Waals surface area contributed by atoms with E-state index >= 15 is 0 Å². The van der Waals surface area contributed by atoms with Crippen molar-refractivity contribution >= 4 is 0 Å². The summed E-state index contributed by atoms with van der Waals surface area (Å²) < 4.78 is 17.5. The van der Waals surface area contributed by atoms with Gasteiger partial charge in [-0.25, -0.2) is 6.57 Å². The second kappa shape index (κ2) is 7.09. The molecule has 124 valence electrons. The second-order valence-corrected chi connectivity index (χ2v) is 8.54. The van der Waals surface area contributed by atoms with E-state index < -0.39 is 5.54 Å². The van der Waals surface area contributed by atoms with Gasteiger partial charge in [-0.3, -0.25) is 0 Å². The first kappa shape index (κ1) is 20.4. The number of hydrogen-bond donors (Lipinski definition) is 0. The zero-order chi connectivity index (χ0) is 16.9. The highest BCUT2D eigenvalue weighted by Crippen LogP contribution is 2.23. The average Bonchev–Trinajstić information content (AvgIpc) is 2.25. The molecule has 0 aliphatic rings. The van der Waals surface area contributed by atoms with Gasteiger partial charge in [-0.1, -0.05) is 0 Å². The summed E-state index contributed by atoms with van der Waals surface area (Å²) in [6.45, 7) is 26.4. The van der Waals surface area contributed by atoms with Gasteiger partial charge in [0.05, 0.1) is 16.8 Å². The van der Waals surface area contributed by atoms with Crippen molar-refractivity contribution in [2.45, 2.75) is 84.7 Å². The van der Waals surface area contributed by atoms with E-state index in [1.165, 1.54) is 0 Å². The molecular formula is C17H33NO3. The highest BCUT2D eigenvalue weighted by atomic mass is 16.5. The van der Waals surface area contributed by atoms with E-state index in [9.17, 15) is 0 Å². The molecule has 0 saturated heterocycles. The van der Waals surface area contributed by atoms with Crippen molar-refractivity contribution in [3.63, 3.8) is 0 Å². The first-order valence-electron chi connectivity index (χ1n) is 7.49. The van der Waals surface area contributed by atoms with Crippen LogP contribution in [0.5, 0.6) is 0 Å². The summed E-state index contributed by atoms with van der Waals surface area (Å²) in [5, 5.41) is 0. The molecule has 0 heterocycles. The molecule has 0 N–H and O–H groups in total. The third kappa shape index (κ3) is 10.7. The van der Waals surface area contributed by atoms with Crippen LogP contribution < -0.4 is 0 Å². The molecule has 0 aromatic carbocycles. The topological polar surface area (TPSA) is 32.0 Å². The van der Waals surface area contributed by atoms with Crippen LogP contribution in [0.3, 0.4) is 0 Å². The van der Waals surface area contributed by atoms with Crippen LogP contribution in [0.25, 0.3) is 4.85 Å². The normalized spacial score (nSPS) is 14.1. The van der Waals surface area contributed by atoms with Gasteiger partial charge in [0.2, 0.25) is 0 Å². The largest absolute Gasteiger partial charge is 0.367 e. The quantitative estimate of drug-likeness (QED) is 0.692. The van der Waals surface area contributed by atoms with Crippen molar-refractivity contribution in [1.29, 1.82) is 0 Å². The van der Waals surface area contributed by atoms with Gasteiger partial charge < -0.3 is 19.1 Å². The highest BCUT2D eigenvalue weighted by molar-refractivity contribution is 5.00. The molecule has 0 spiro atoms. The Bertz CT molecular complexity index is 305. The van der Waals surface area contributed by atoms with Crippen molar-refractivity contribution in [2.75, 3.05) is 19.8 Å². The molecule has 0 rings (SSSR count). The second-order valence-electron chi connectivity index (χ2n) is 8.54. The summed E-state index contributed by atoms with van der Waals surface area (Å²) in [5.74, 6) is 0. The van der Waals surface area contributed by atoms with Gasteiger partial charge in [-0.15, -0.1) is 0 Å². The van der Waals surface area contributed by atoms with E-state index in [0.717, 1.165) is 0 Å². The zero-order valence-electron chi connectivity index (χ0n) is 15.3. The number of ether oxygens (including phenoxy) is 3. The molecule has 0 aliphatic heterocycles. The van der Waals surface area contributed by atoms with Gasteiger partial charge >= 0.3 is 5.54 Å². The maximum Gasteiger partial charge on any atom is 0.300 e. The van der Waals surface area contributed by atoms with Gasteiger partial charge in [0.1, 0.15) is 19.8 Å². The zero-order valence-corrected chi connectivity index (χ0v) is 15.3. The fourth-order valence-corrected chi connectivity index (χ4v) is 1.27. The Hall–Kier alpha value is -0.630. The molecule has 0 atom stereocenters. The molecule has 0 aromatic rings. The first-order valence-corrected chi connectivity index (χ1v) is 7.49. The average molecular weight is 299 g/mol. The lowest BCUT2D eigenvalue weighted by molar-refractivity contribution is -0.103. The summed E-state index contributed by atoms with van der Waals surface area (Å²) in [4.78, 5) is 3.80. The minimum absolute atomic E-state index is 0.292. The van der Waals surface area contributed by atoms with E-state index in [4.69, 9.17) is 20.8 Å². The van der Waals surface area contributed by atoms with Crippen LogP contribution in [0.1, 0.15) is 62.3 Å². The maximum atomic E-state index is 7.62. The maximum absolute atomic E-state index is 7.62. The van der Waals surface area contributed by atoms with Crippen molar-refractivity contribution in [3.05, 3.63) is 11.4 Å². The Morgan fingerprint density at radius 3 is 1.00 bits per heavy atom. The van der Waals surface area contributed by atoms with E-state index in [1.54, 1.807) is 0 Å². The third-order valence-corrected chi connectivity index (χ3v) is 2.56. The fourth-order valence-electron chi connectivity index (χ4n) is 1.27. The highest BCUT2D eigenvalue weighted by Gasteiger charge is 2.42. The molecule has 4 heteroatoms. The molecule has 0 saturated carbocycles. The number of hydrogen-bond acceptors (Lipinski definition) is 3. The minimum atomic E-state index is -0.812. The van der Waals surface area contributed by atoms with Crippen LogP contribution in [-0.2, 0) is 14.2 Å². The molecule has 0 aromatic heterocycles. The van der Waals surface area contributed by atoms with Crippen LogP contribution in [0.2, 0.25) is 0 Å². The Morgan fingerprint density at radius 1 is 0.619 bits per heavy atom. The molecule has 0 amide bonds. The Labute approximate surface area is 131 Å². The predicted molar refractivity (Wildman–Crippen MR) is 86.4 cm³/mol. The molecule has 0 unspecified atom stereocenters. The molecule has 0 aliphatic carbocycles. The summed E-state index contributed by atoms with van der Waals surface area (Å²) in [5.41, 5.74) is -1.69. The standard InChI is InChI=1S/C17H33NO3/c1-14(2,3)19-11-17(18-10,12-20-15(4,5)6)13-21-16(7,8)9/h11-13H2,1-9H3. The summed E-state index contributed by atoms with van der Waals surface area (Å²) in [6, 6.07) is 0. The number of nitrogens with zero attached hydrogens (tertiary/aromatic N) is 1. The molecule has 0 bridgehead atoms. The van der Waals surface area contributed by atoms with Crippen molar-refractivity contribution in [1.82, 2.24) is 0 Å². The van der Waals surface area contributed by atoms with Crippen LogP contribution in [0, 0.1) is 6.57 Å². The summed E-state index contributed by atoms with van der Waals surface area (Å²) >= 11 is 0. The van der Waals surface area contributed by atoms with Gasteiger partial charge in [0, 0.05) is 0 Å². The molecule has 4 nitrogen and oxygen atoms in total. The third-order valence-electron chi connectivity index (χ3n) is 2.56. The van der Waals surface area contributed by atoms with Gasteiger partial charge in [0.15, 0.2) is 0 Å². The van der Waals surface area contributed by atoms with Crippen LogP contribution in [0.4, 0.5) is 0 Å². The van der Waals surface area contributed by atoms with Crippen molar-refractivity contribution < 1.29 is 14.2 Å². The monoisotopic (exact) mass is 299 g/mol. The van der Waals surface area contributed by atoms with Gasteiger partial charge in [0.25, 0.3) is 0 Å². The lowest BCUT2D eigenvalue weighted by Crippen LogP contribution is -2.46. The van der Waals surface area contributed by atoms with Crippen molar-refractivity contribution in [3.8, 4) is 0 Å². The lowest BCUT2D eigenvalue weighted by Gasteiger charge is -2.31. The minimum Gasteiger partial charge on any atom is -0.367 e. The Kier molecular flexibility index (Phi) is 6.87. The van der Waals surface area contributed by atoms with Gasteiger partial charge in [-0.05, 0) is 62.3 Å². The molecule has 21 heavy (non-hydrogen) atoms. The van der Waals surface area contributed by atoms with Gasteiger partial charge in [-0.2, -0.15) is 0 Å². The van der Waals surface area contributed by atoms with Crippen LogP contribution in [0.15, 0.2) is 0 Å². The van der Waals surface area contributed by atoms with Crippen LogP contribution in [-0.4, -0.2) is 42.2 Å². The lowest BCUT2D eigenvalue weighted by atomic mass is 10.0. The van der Waals surface area contributed by atoms with Crippen molar-refractivity contribution in [2.24, 2.45) is 0 Å². The van der Waals surface area contributed by atoms with E-state index in [0.29, 0.717) is 19.8 Å². The SMILES string of the molecule is [C-]#[N+]C(COC(C)(C)C)(COC(C)(C)C)COC(C)(C)C. The summed E-state index contributed by atoms with van der Waals surface area (Å²) in [6.07, 6.45) is 0. The smallest absolute Gasteiger partial charge is 0.300 e.